The lowest BCUT2D eigenvalue weighted by molar-refractivity contribution is -0.240. The first-order valence-electron chi connectivity index (χ1n) is 14.0. The molecule has 0 aromatic carbocycles. The summed E-state index contributed by atoms with van der Waals surface area (Å²) >= 11 is 0. The number of fused-ring (bicyclic) bond motifs is 4. The zero-order chi connectivity index (χ0) is 30.9. The van der Waals surface area contributed by atoms with E-state index in [1.54, 1.807) is 6.07 Å². The van der Waals surface area contributed by atoms with Gasteiger partial charge in [0.05, 0.1) is 37.1 Å². The zero-order valence-electron chi connectivity index (χ0n) is 25.1. The molecule has 11 heteroatoms. The summed E-state index contributed by atoms with van der Waals surface area (Å²) < 4.78 is 34.5. The van der Waals surface area contributed by atoms with Crippen molar-refractivity contribution < 1.29 is 52.4 Å². The summed E-state index contributed by atoms with van der Waals surface area (Å²) in [6.07, 6.45) is -0.809. The number of furan rings is 1. The van der Waals surface area contributed by atoms with Crippen molar-refractivity contribution >= 4 is 23.9 Å². The molecule has 1 saturated carbocycles. The smallest absolute Gasteiger partial charge is 0.331 e. The third-order valence-corrected chi connectivity index (χ3v) is 10.2. The van der Waals surface area contributed by atoms with Crippen molar-refractivity contribution in [3.63, 3.8) is 0 Å². The number of aliphatic hydroxyl groups is 1. The van der Waals surface area contributed by atoms with E-state index in [2.05, 4.69) is 0 Å². The van der Waals surface area contributed by atoms with E-state index in [1.807, 2.05) is 34.6 Å². The number of rotatable bonds is 5. The van der Waals surface area contributed by atoms with Crippen molar-refractivity contribution in [2.75, 3.05) is 7.11 Å². The quantitative estimate of drug-likeness (QED) is 0.399. The molecule has 1 N–H and O–H groups in total. The van der Waals surface area contributed by atoms with E-state index in [9.17, 15) is 24.3 Å². The van der Waals surface area contributed by atoms with Crippen LogP contribution >= 0.6 is 0 Å². The van der Waals surface area contributed by atoms with Crippen molar-refractivity contribution in [2.24, 2.45) is 28.1 Å². The highest BCUT2D eigenvalue weighted by atomic mass is 16.6. The molecule has 0 bridgehead atoms. The molecule has 0 unspecified atom stereocenters. The van der Waals surface area contributed by atoms with Crippen LogP contribution in [-0.4, -0.2) is 60.5 Å². The number of cyclic esters (lactones) is 1. The predicted molar refractivity (Wildman–Crippen MR) is 144 cm³/mol. The third-order valence-electron chi connectivity index (χ3n) is 10.2. The van der Waals surface area contributed by atoms with Crippen LogP contribution in [0.2, 0.25) is 0 Å². The summed E-state index contributed by atoms with van der Waals surface area (Å²) in [5.41, 5.74) is -1.39. The van der Waals surface area contributed by atoms with E-state index < -0.39 is 82.5 Å². The molecule has 0 spiro atoms. The summed E-state index contributed by atoms with van der Waals surface area (Å²) in [6, 6.07) is 1.69. The summed E-state index contributed by atoms with van der Waals surface area (Å²) in [5, 5.41) is 12.5. The van der Waals surface area contributed by atoms with E-state index in [0.29, 0.717) is 22.5 Å². The second kappa shape index (κ2) is 10.00. The first-order chi connectivity index (χ1) is 19.6. The lowest BCUT2D eigenvalue weighted by Crippen LogP contribution is -2.68. The first-order valence-corrected chi connectivity index (χ1v) is 14.0. The summed E-state index contributed by atoms with van der Waals surface area (Å²) in [6.45, 7) is 11.8. The molecule has 2 fully saturated rings. The second-order valence-corrected chi connectivity index (χ2v) is 12.8. The number of methoxy groups -OCH3 is 1. The van der Waals surface area contributed by atoms with Gasteiger partial charge in [-0.05, 0) is 37.0 Å². The molecule has 0 amide bonds. The molecule has 0 radical (unpaired) electrons. The van der Waals surface area contributed by atoms with Gasteiger partial charge >= 0.3 is 23.9 Å². The monoisotopic (exact) mass is 586 g/mol. The van der Waals surface area contributed by atoms with Crippen molar-refractivity contribution in [1.82, 2.24) is 0 Å². The fourth-order valence-electron chi connectivity index (χ4n) is 8.30. The molecule has 11 nitrogen and oxygen atoms in total. The molecule has 1 aromatic rings. The number of esters is 4. The summed E-state index contributed by atoms with van der Waals surface area (Å²) in [5.74, 6) is -3.15. The summed E-state index contributed by atoms with van der Waals surface area (Å²) in [4.78, 5) is 50.5. The van der Waals surface area contributed by atoms with E-state index in [1.165, 1.54) is 39.6 Å². The molecule has 3 heterocycles. The lowest BCUT2D eigenvalue weighted by Gasteiger charge is -2.59. The fraction of sp³-hybridized carbons (Fsp3) is 0.613. The Bertz CT molecular complexity index is 1370. The van der Waals surface area contributed by atoms with Crippen molar-refractivity contribution in [2.45, 2.75) is 85.4 Å². The standard InChI is InChI=1S/C31H38O11/c1-14-18-11-21(35)41-26(17-9-10-38-13-17)30(18,6)25(36)22-23(14)42-28-24(39-15(2)32)27(40-16(3)33)29(4,5)19(31(22,28)7)12-20(34)37-8/h9-11,13,19,22,24-28,36H,12H2,1-8H3/t19-,22-,24-,25-,26-,27+,28-,30-,31-/m0/s1. The average Bonchev–Trinajstić information content (AvgIpc) is 3.54. The number of hydrogen-bond acceptors (Lipinski definition) is 11. The number of allylic oxidation sites excluding steroid dienone is 1. The highest BCUT2D eigenvalue weighted by Gasteiger charge is 2.74. The molecule has 42 heavy (non-hydrogen) atoms. The van der Waals surface area contributed by atoms with Crippen LogP contribution in [-0.2, 0) is 42.9 Å². The third kappa shape index (κ3) is 4.11. The van der Waals surface area contributed by atoms with Gasteiger partial charge in [-0.1, -0.05) is 20.8 Å². The maximum atomic E-state index is 12.9. The molecule has 4 aliphatic rings. The van der Waals surface area contributed by atoms with Gasteiger partial charge in [-0.25, -0.2) is 4.79 Å². The Labute approximate surface area is 244 Å². The predicted octanol–water partition coefficient (Wildman–Crippen LogP) is 3.56. The van der Waals surface area contributed by atoms with Crippen LogP contribution in [0.4, 0.5) is 0 Å². The van der Waals surface area contributed by atoms with Gasteiger partial charge in [-0.2, -0.15) is 0 Å². The fourth-order valence-corrected chi connectivity index (χ4v) is 8.30. The minimum Gasteiger partial charge on any atom is -0.489 e. The molecule has 228 valence electrons. The number of carbonyl (C=O) groups is 4. The second-order valence-electron chi connectivity index (χ2n) is 12.8. The number of hydrogen-bond donors (Lipinski definition) is 1. The largest absolute Gasteiger partial charge is 0.489 e. The van der Waals surface area contributed by atoms with Crippen LogP contribution in [0.15, 0.2) is 46.0 Å². The highest BCUT2D eigenvalue weighted by molar-refractivity contribution is 5.86. The van der Waals surface area contributed by atoms with Crippen LogP contribution in [0.3, 0.4) is 0 Å². The molecular weight excluding hydrogens is 548 g/mol. The minimum atomic E-state index is -1.19. The molecule has 2 aliphatic carbocycles. The van der Waals surface area contributed by atoms with Crippen LogP contribution in [0.25, 0.3) is 0 Å². The summed E-state index contributed by atoms with van der Waals surface area (Å²) in [7, 11) is 1.29. The van der Waals surface area contributed by atoms with Crippen LogP contribution in [0, 0.1) is 28.1 Å². The van der Waals surface area contributed by atoms with Crippen LogP contribution < -0.4 is 0 Å². The lowest BCUT2D eigenvalue weighted by atomic mass is 9.46. The molecule has 9 atom stereocenters. The van der Waals surface area contributed by atoms with E-state index in [4.69, 9.17) is 28.1 Å². The van der Waals surface area contributed by atoms with Gasteiger partial charge in [-0.15, -0.1) is 0 Å². The van der Waals surface area contributed by atoms with Crippen LogP contribution in [0.5, 0.6) is 0 Å². The molecule has 5 rings (SSSR count). The highest BCUT2D eigenvalue weighted by Crippen LogP contribution is 2.69. The number of carbonyl (C=O) groups excluding carboxylic acids is 4. The molecule has 2 aliphatic heterocycles. The number of aliphatic hydroxyl groups excluding tert-OH is 1. The van der Waals surface area contributed by atoms with Gasteiger partial charge in [0.25, 0.3) is 0 Å². The Hall–Kier alpha value is -3.60. The van der Waals surface area contributed by atoms with Gasteiger partial charge in [-0.3, -0.25) is 14.4 Å². The van der Waals surface area contributed by atoms with E-state index >= 15 is 0 Å². The maximum Gasteiger partial charge on any atom is 0.331 e. The Balaban J connectivity index is 1.76. The molecular formula is C31H38O11. The van der Waals surface area contributed by atoms with Crippen molar-refractivity contribution in [1.29, 1.82) is 0 Å². The minimum absolute atomic E-state index is 0.0838. The van der Waals surface area contributed by atoms with Crippen LogP contribution in [0.1, 0.15) is 66.6 Å². The average molecular weight is 587 g/mol. The molecule has 1 aromatic heterocycles. The topological polar surface area (TPSA) is 148 Å². The van der Waals surface area contributed by atoms with Gasteiger partial charge < -0.3 is 33.2 Å². The van der Waals surface area contributed by atoms with Crippen molar-refractivity contribution in [3.8, 4) is 0 Å². The Morgan fingerprint density at radius 2 is 1.71 bits per heavy atom. The van der Waals surface area contributed by atoms with Gasteiger partial charge in [0.2, 0.25) is 0 Å². The van der Waals surface area contributed by atoms with Gasteiger partial charge in [0, 0.05) is 42.7 Å². The first kappa shape index (κ1) is 29.9. The van der Waals surface area contributed by atoms with Gasteiger partial charge in [0.15, 0.2) is 6.10 Å². The Kier molecular flexibility index (Phi) is 7.11. The van der Waals surface area contributed by atoms with E-state index in [0.717, 1.165) is 0 Å². The van der Waals surface area contributed by atoms with Crippen molar-refractivity contribution in [3.05, 3.63) is 47.1 Å². The zero-order valence-corrected chi connectivity index (χ0v) is 25.1. The van der Waals surface area contributed by atoms with E-state index in [-0.39, 0.29) is 6.42 Å². The normalized spacial score (nSPS) is 38.2. The SMILES string of the molecule is COC(=O)C[C@H]1C(C)(C)[C@H](OC(C)=O)[C@H](OC(C)=O)[C@@H]2OC3=C(C)C4=CC(=O)O[C@@H](c5ccoc5)[C@]4(C)[C@@H](O)[C@H]3[C@@]21C. The Morgan fingerprint density at radius 1 is 1.05 bits per heavy atom. The van der Waals surface area contributed by atoms with Gasteiger partial charge in [0.1, 0.15) is 24.1 Å². The number of ether oxygens (including phenoxy) is 5. The Morgan fingerprint density at radius 3 is 2.29 bits per heavy atom. The maximum absolute atomic E-state index is 12.9. The molecule has 1 saturated heterocycles.